The van der Waals surface area contributed by atoms with Crippen molar-refractivity contribution < 1.29 is 9.59 Å². The number of imide groups is 1. The van der Waals surface area contributed by atoms with Gasteiger partial charge < -0.3 is 5.32 Å². The molecule has 5 nitrogen and oxygen atoms in total. The van der Waals surface area contributed by atoms with Crippen molar-refractivity contribution in [3.05, 3.63) is 58.3 Å². The lowest BCUT2D eigenvalue weighted by atomic mass is 10.0. The van der Waals surface area contributed by atoms with Gasteiger partial charge in [-0.1, -0.05) is 36.4 Å². The molecular formula is C17H21N3O2S. The van der Waals surface area contributed by atoms with Gasteiger partial charge in [0.15, 0.2) is 0 Å². The van der Waals surface area contributed by atoms with Crippen molar-refractivity contribution in [1.82, 2.24) is 15.5 Å². The first-order chi connectivity index (χ1) is 11.1. The average molecular weight is 331 g/mol. The molecule has 0 bridgehead atoms. The number of benzene rings is 1. The molecule has 1 aromatic heterocycles. The van der Waals surface area contributed by atoms with Crippen LogP contribution in [0.1, 0.15) is 23.4 Å². The van der Waals surface area contributed by atoms with Crippen LogP contribution in [0.2, 0.25) is 0 Å². The summed E-state index contributed by atoms with van der Waals surface area (Å²) in [4.78, 5) is 27.4. The lowest BCUT2D eigenvalue weighted by Crippen LogP contribution is -2.45. The number of hydrogen-bond acceptors (Lipinski definition) is 4. The number of carbonyl (C=O) groups is 2. The van der Waals surface area contributed by atoms with Crippen molar-refractivity contribution in [3.8, 4) is 0 Å². The maximum absolute atomic E-state index is 12.6. The molecule has 0 aliphatic rings. The van der Waals surface area contributed by atoms with Crippen molar-refractivity contribution in [3.63, 3.8) is 0 Å². The van der Waals surface area contributed by atoms with Gasteiger partial charge in [-0.2, -0.15) is 0 Å². The highest BCUT2D eigenvalue weighted by Crippen LogP contribution is 2.23. The van der Waals surface area contributed by atoms with Gasteiger partial charge in [-0.05, 0) is 31.0 Å². The maximum Gasteiger partial charge on any atom is 0.321 e. The fourth-order valence-electron chi connectivity index (χ4n) is 2.37. The van der Waals surface area contributed by atoms with Crippen LogP contribution in [-0.4, -0.2) is 30.4 Å². The van der Waals surface area contributed by atoms with Crippen LogP contribution in [0, 0.1) is 0 Å². The summed E-state index contributed by atoms with van der Waals surface area (Å²) >= 11 is 1.64. The van der Waals surface area contributed by atoms with E-state index in [0.717, 1.165) is 5.56 Å². The molecule has 0 saturated heterocycles. The molecule has 23 heavy (non-hydrogen) atoms. The summed E-state index contributed by atoms with van der Waals surface area (Å²) in [6.07, 6.45) is 0. The van der Waals surface area contributed by atoms with Gasteiger partial charge in [0.25, 0.3) is 0 Å². The van der Waals surface area contributed by atoms with Gasteiger partial charge in [0.2, 0.25) is 5.91 Å². The second kappa shape index (κ2) is 8.45. The fraction of sp³-hybridized carbons (Fsp3) is 0.294. The highest BCUT2D eigenvalue weighted by Gasteiger charge is 2.26. The van der Waals surface area contributed by atoms with Crippen LogP contribution in [-0.2, 0) is 11.3 Å². The van der Waals surface area contributed by atoms with Gasteiger partial charge in [0.1, 0.15) is 6.04 Å². The number of thiophene rings is 1. The van der Waals surface area contributed by atoms with Gasteiger partial charge in [-0.15, -0.1) is 11.3 Å². The number of urea groups is 1. The SMILES string of the molecule is CCNC(=O)NC(=O)[C@H](c1ccccc1)N(C)Cc1cccs1. The first-order valence-corrected chi connectivity index (χ1v) is 8.36. The number of amides is 3. The van der Waals surface area contributed by atoms with Crippen LogP contribution in [0.25, 0.3) is 0 Å². The quantitative estimate of drug-likeness (QED) is 0.855. The molecule has 2 rings (SSSR count). The fourth-order valence-corrected chi connectivity index (χ4v) is 3.13. The molecule has 0 aliphatic heterocycles. The molecule has 3 amide bonds. The van der Waals surface area contributed by atoms with E-state index in [0.29, 0.717) is 13.1 Å². The summed E-state index contributed by atoms with van der Waals surface area (Å²) in [5.74, 6) is -0.332. The third-order valence-electron chi connectivity index (χ3n) is 3.36. The predicted molar refractivity (Wildman–Crippen MR) is 92.2 cm³/mol. The number of nitrogens with one attached hydrogen (secondary N) is 2. The van der Waals surface area contributed by atoms with E-state index in [1.54, 1.807) is 11.3 Å². The molecule has 2 N–H and O–H groups in total. The zero-order chi connectivity index (χ0) is 16.7. The first kappa shape index (κ1) is 17.2. The van der Waals surface area contributed by atoms with Crippen LogP contribution in [0.3, 0.4) is 0 Å². The van der Waals surface area contributed by atoms with Gasteiger partial charge in [-0.25, -0.2) is 4.79 Å². The number of carbonyl (C=O) groups excluding carboxylic acids is 2. The van der Waals surface area contributed by atoms with E-state index in [9.17, 15) is 9.59 Å². The Morgan fingerprint density at radius 3 is 2.52 bits per heavy atom. The minimum atomic E-state index is -0.527. The summed E-state index contributed by atoms with van der Waals surface area (Å²) in [5.41, 5.74) is 0.855. The van der Waals surface area contributed by atoms with Gasteiger partial charge >= 0.3 is 6.03 Å². The van der Waals surface area contributed by atoms with Gasteiger partial charge in [0, 0.05) is 18.0 Å². The largest absolute Gasteiger partial charge is 0.338 e. The topological polar surface area (TPSA) is 61.4 Å². The van der Waals surface area contributed by atoms with Crippen molar-refractivity contribution in [1.29, 1.82) is 0 Å². The summed E-state index contributed by atoms with van der Waals surface area (Å²) in [6, 6.07) is 12.5. The highest BCUT2D eigenvalue weighted by atomic mass is 32.1. The average Bonchev–Trinajstić information content (AvgIpc) is 3.01. The molecule has 1 heterocycles. The number of nitrogens with zero attached hydrogens (tertiary/aromatic N) is 1. The Morgan fingerprint density at radius 1 is 1.17 bits per heavy atom. The van der Waals surface area contributed by atoms with Gasteiger partial charge in [0.05, 0.1) is 0 Å². The van der Waals surface area contributed by atoms with Crippen LogP contribution in [0.4, 0.5) is 4.79 Å². The van der Waals surface area contributed by atoms with E-state index in [1.807, 2.05) is 66.7 Å². The molecular weight excluding hydrogens is 310 g/mol. The Labute approximate surface area is 140 Å². The monoisotopic (exact) mass is 331 g/mol. The zero-order valence-corrected chi connectivity index (χ0v) is 14.1. The predicted octanol–water partition coefficient (Wildman–Crippen LogP) is 2.77. The van der Waals surface area contributed by atoms with Gasteiger partial charge in [-0.3, -0.25) is 15.0 Å². The minimum Gasteiger partial charge on any atom is -0.338 e. The molecule has 0 unspecified atom stereocenters. The summed E-state index contributed by atoms with van der Waals surface area (Å²) in [5, 5.41) is 7.00. The maximum atomic E-state index is 12.6. The zero-order valence-electron chi connectivity index (χ0n) is 13.3. The summed E-state index contributed by atoms with van der Waals surface area (Å²) in [6.45, 7) is 2.92. The number of likely N-dealkylation sites (N-methyl/N-ethyl adjacent to an activating group) is 1. The number of hydrogen-bond donors (Lipinski definition) is 2. The van der Waals surface area contributed by atoms with E-state index < -0.39 is 12.1 Å². The Bertz CT molecular complexity index is 629. The van der Waals surface area contributed by atoms with Crippen LogP contribution in [0.15, 0.2) is 47.8 Å². The second-order valence-electron chi connectivity index (χ2n) is 5.16. The molecule has 1 atom stereocenters. The Balaban J connectivity index is 2.17. The number of rotatable bonds is 6. The van der Waals surface area contributed by atoms with Crippen molar-refractivity contribution in [2.24, 2.45) is 0 Å². The third kappa shape index (κ3) is 4.91. The molecule has 0 saturated carbocycles. The van der Waals surface area contributed by atoms with Crippen LogP contribution >= 0.6 is 11.3 Å². The molecule has 0 spiro atoms. The molecule has 1 aromatic carbocycles. The van der Waals surface area contributed by atoms with Crippen molar-refractivity contribution >= 4 is 23.3 Å². The van der Waals surface area contributed by atoms with E-state index in [-0.39, 0.29) is 5.91 Å². The standard InChI is InChI=1S/C17H21N3O2S/c1-3-18-17(22)19-16(21)15(13-8-5-4-6-9-13)20(2)12-14-10-7-11-23-14/h4-11,15H,3,12H2,1-2H3,(H2,18,19,21,22)/t15-/m0/s1. The van der Waals surface area contributed by atoms with E-state index in [1.165, 1.54) is 4.88 Å². The normalized spacial score (nSPS) is 12.0. The lowest BCUT2D eigenvalue weighted by molar-refractivity contribution is -0.125. The van der Waals surface area contributed by atoms with Crippen molar-refractivity contribution in [2.75, 3.05) is 13.6 Å². The molecule has 0 radical (unpaired) electrons. The van der Waals surface area contributed by atoms with Crippen LogP contribution < -0.4 is 10.6 Å². The first-order valence-electron chi connectivity index (χ1n) is 7.48. The lowest BCUT2D eigenvalue weighted by Gasteiger charge is -2.26. The highest BCUT2D eigenvalue weighted by molar-refractivity contribution is 7.09. The molecule has 0 aliphatic carbocycles. The molecule has 122 valence electrons. The smallest absolute Gasteiger partial charge is 0.321 e. The van der Waals surface area contributed by atoms with Crippen molar-refractivity contribution in [2.45, 2.75) is 19.5 Å². The Kier molecular flexibility index (Phi) is 6.31. The summed E-state index contributed by atoms with van der Waals surface area (Å²) in [7, 11) is 1.88. The van der Waals surface area contributed by atoms with E-state index >= 15 is 0 Å². The molecule has 6 heteroatoms. The Morgan fingerprint density at radius 2 is 1.91 bits per heavy atom. The molecule has 2 aromatic rings. The minimum absolute atomic E-state index is 0.332. The van der Waals surface area contributed by atoms with E-state index in [4.69, 9.17) is 0 Å². The van der Waals surface area contributed by atoms with Crippen LogP contribution in [0.5, 0.6) is 0 Å². The second-order valence-corrected chi connectivity index (χ2v) is 6.19. The molecule has 0 fully saturated rings. The Hall–Kier alpha value is -2.18. The third-order valence-corrected chi connectivity index (χ3v) is 4.22. The summed E-state index contributed by atoms with van der Waals surface area (Å²) < 4.78 is 0. The van der Waals surface area contributed by atoms with E-state index in [2.05, 4.69) is 10.6 Å².